The third kappa shape index (κ3) is 3.79. The number of hydrogen-bond acceptors (Lipinski definition) is 2. The maximum atomic E-state index is 13.8. The van der Waals surface area contributed by atoms with Crippen LogP contribution < -0.4 is 5.73 Å². The van der Waals surface area contributed by atoms with Crippen LogP contribution in [0.4, 0.5) is 4.39 Å². The second-order valence-electron chi connectivity index (χ2n) is 4.96. The van der Waals surface area contributed by atoms with E-state index in [1.165, 1.54) is 0 Å². The average Bonchev–Trinajstić information content (AvgIpc) is 2.28. The van der Waals surface area contributed by atoms with Crippen LogP contribution in [0.5, 0.6) is 0 Å². The summed E-state index contributed by atoms with van der Waals surface area (Å²) in [5.41, 5.74) is 5.75. The van der Waals surface area contributed by atoms with Crippen LogP contribution in [0.25, 0.3) is 0 Å². The summed E-state index contributed by atoms with van der Waals surface area (Å²) in [7, 11) is 0. The van der Waals surface area contributed by atoms with Crippen LogP contribution in [0.2, 0.25) is 0 Å². The van der Waals surface area contributed by atoms with Crippen molar-refractivity contribution >= 4 is 0 Å². The van der Waals surface area contributed by atoms with Gasteiger partial charge in [-0.2, -0.15) is 0 Å². The highest BCUT2D eigenvalue weighted by Gasteiger charge is 2.42. The van der Waals surface area contributed by atoms with Gasteiger partial charge in [-0.05, 0) is 31.2 Å². The number of nitrogens with two attached hydrogens (primary N) is 1. The van der Waals surface area contributed by atoms with Gasteiger partial charge in [0.2, 0.25) is 0 Å². The third-order valence-electron chi connectivity index (χ3n) is 3.28. The number of alkyl halides is 1. The van der Waals surface area contributed by atoms with Gasteiger partial charge >= 0.3 is 0 Å². The second kappa shape index (κ2) is 5.61. The summed E-state index contributed by atoms with van der Waals surface area (Å²) in [6.07, 6.45) is 2.39. The van der Waals surface area contributed by atoms with E-state index in [2.05, 4.69) is 0 Å². The van der Waals surface area contributed by atoms with Gasteiger partial charge in [-0.15, -0.1) is 0 Å². The van der Waals surface area contributed by atoms with E-state index in [0.29, 0.717) is 32.5 Å². The number of halogens is 1. The molecule has 0 radical (unpaired) electrons. The Balaban J connectivity index is 1.55. The van der Waals surface area contributed by atoms with E-state index in [1.807, 2.05) is 30.3 Å². The van der Waals surface area contributed by atoms with Crippen molar-refractivity contribution in [2.24, 2.45) is 5.73 Å². The van der Waals surface area contributed by atoms with Crippen LogP contribution in [-0.4, -0.2) is 18.3 Å². The standard InChI is InChI=1S/C14H20FNO/c15-14(9-13(16)10-14)7-4-8-17-11-12-5-2-1-3-6-12/h1-3,5-6,13H,4,7-11,16H2. The molecule has 1 fully saturated rings. The highest BCUT2D eigenvalue weighted by molar-refractivity contribution is 5.13. The summed E-state index contributed by atoms with van der Waals surface area (Å²) in [5, 5.41) is 0. The van der Waals surface area contributed by atoms with Crippen LogP contribution in [0.3, 0.4) is 0 Å². The largest absolute Gasteiger partial charge is 0.377 e. The Labute approximate surface area is 102 Å². The van der Waals surface area contributed by atoms with E-state index in [1.54, 1.807) is 0 Å². The molecule has 94 valence electrons. The van der Waals surface area contributed by atoms with Crippen molar-refractivity contribution in [3.8, 4) is 0 Å². The highest BCUT2D eigenvalue weighted by atomic mass is 19.1. The van der Waals surface area contributed by atoms with Gasteiger partial charge in [0, 0.05) is 12.6 Å². The lowest BCUT2D eigenvalue weighted by atomic mass is 9.75. The van der Waals surface area contributed by atoms with Gasteiger partial charge in [0.25, 0.3) is 0 Å². The first-order valence-corrected chi connectivity index (χ1v) is 6.24. The molecular weight excluding hydrogens is 217 g/mol. The Bertz CT molecular complexity index is 335. The van der Waals surface area contributed by atoms with Crippen molar-refractivity contribution in [3.63, 3.8) is 0 Å². The summed E-state index contributed by atoms with van der Waals surface area (Å²) in [6.45, 7) is 1.23. The van der Waals surface area contributed by atoms with Gasteiger partial charge < -0.3 is 10.5 Å². The molecule has 17 heavy (non-hydrogen) atoms. The molecule has 2 N–H and O–H groups in total. The second-order valence-corrected chi connectivity index (χ2v) is 4.96. The van der Waals surface area contributed by atoms with Crippen molar-refractivity contribution < 1.29 is 9.13 Å². The van der Waals surface area contributed by atoms with Crippen molar-refractivity contribution in [1.82, 2.24) is 0 Å². The lowest BCUT2D eigenvalue weighted by Crippen LogP contribution is -2.48. The monoisotopic (exact) mass is 237 g/mol. The third-order valence-corrected chi connectivity index (χ3v) is 3.28. The average molecular weight is 237 g/mol. The Morgan fingerprint density at radius 2 is 2.00 bits per heavy atom. The fraction of sp³-hybridized carbons (Fsp3) is 0.571. The van der Waals surface area contributed by atoms with E-state index in [-0.39, 0.29) is 6.04 Å². The maximum absolute atomic E-state index is 13.8. The number of rotatable bonds is 6. The van der Waals surface area contributed by atoms with Gasteiger partial charge in [0.1, 0.15) is 5.67 Å². The predicted octanol–water partition coefficient (Wildman–Crippen LogP) is 2.81. The summed E-state index contributed by atoms with van der Waals surface area (Å²) < 4.78 is 19.3. The zero-order valence-electron chi connectivity index (χ0n) is 10.1. The molecule has 2 rings (SSSR count). The molecule has 1 aromatic rings. The minimum absolute atomic E-state index is 0.0743. The molecule has 3 heteroatoms. The van der Waals surface area contributed by atoms with Gasteiger partial charge in [-0.1, -0.05) is 30.3 Å². The zero-order chi connectivity index (χ0) is 12.1. The van der Waals surface area contributed by atoms with E-state index < -0.39 is 5.67 Å². The summed E-state index contributed by atoms with van der Waals surface area (Å²) in [4.78, 5) is 0. The van der Waals surface area contributed by atoms with Crippen LogP contribution in [0, 0.1) is 0 Å². The normalized spacial score (nSPS) is 27.8. The smallest absolute Gasteiger partial charge is 0.114 e. The Kier molecular flexibility index (Phi) is 4.13. The molecular formula is C14H20FNO. The first-order chi connectivity index (χ1) is 8.18. The van der Waals surface area contributed by atoms with Gasteiger partial charge in [-0.25, -0.2) is 4.39 Å². The minimum Gasteiger partial charge on any atom is -0.377 e. The molecule has 0 aliphatic heterocycles. The van der Waals surface area contributed by atoms with E-state index in [0.717, 1.165) is 12.0 Å². The van der Waals surface area contributed by atoms with Gasteiger partial charge in [0.15, 0.2) is 0 Å². The summed E-state index contributed by atoms with van der Waals surface area (Å²) in [6, 6.07) is 10.1. The van der Waals surface area contributed by atoms with Gasteiger partial charge in [-0.3, -0.25) is 0 Å². The fourth-order valence-corrected chi connectivity index (χ4v) is 2.34. The molecule has 0 spiro atoms. The maximum Gasteiger partial charge on any atom is 0.114 e. The first kappa shape index (κ1) is 12.5. The van der Waals surface area contributed by atoms with Crippen molar-refractivity contribution in [1.29, 1.82) is 0 Å². The summed E-state index contributed by atoms with van der Waals surface area (Å²) >= 11 is 0. The molecule has 0 amide bonds. The minimum atomic E-state index is -1.00. The molecule has 1 aromatic carbocycles. The van der Waals surface area contributed by atoms with E-state index >= 15 is 0 Å². The van der Waals surface area contributed by atoms with Crippen molar-refractivity contribution in [2.45, 2.75) is 44.0 Å². The topological polar surface area (TPSA) is 35.2 Å². The number of hydrogen-bond donors (Lipinski definition) is 1. The Morgan fingerprint density at radius 3 is 2.65 bits per heavy atom. The lowest BCUT2D eigenvalue weighted by Gasteiger charge is -2.39. The molecule has 0 heterocycles. The van der Waals surface area contributed by atoms with Crippen LogP contribution in [-0.2, 0) is 11.3 Å². The first-order valence-electron chi connectivity index (χ1n) is 6.24. The number of benzene rings is 1. The molecule has 1 saturated carbocycles. The SMILES string of the molecule is NC1CC(F)(CCCOCc2ccccc2)C1. The lowest BCUT2D eigenvalue weighted by molar-refractivity contribution is 0.0205. The zero-order valence-corrected chi connectivity index (χ0v) is 10.1. The van der Waals surface area contributed by atoms with E-state index in [4.69, 9.17) is 10.5 Å². The molecule has 0 atom stereocenters. The van der Waals surface area contributed by atoms with Crippen LogP contribution in [0.1, 0.15) is 31.2 Å². The predicted molar refractivity (Wildman–Crippen MR) is 66.4 cm³/mol. The molecule has 1 aliphatic carbocycles. The van der Waals surface area contributed by atoms with Crippen molar-refractivity contribution in [3.05, 3.63) is 35.9 Å². The van der Waals surface area contributed by atoms with E-state index in [9.17, 15) is 4.39 Å². The van der Waals surface area contributed by atoms with Crippen LogP contribution in [0.15, 0.2) is 30.3 Å². The molecule has 0 aromatic heterocycles. The molecule has 1 aliphatic rings. The van der Waals surface area contributed by atoms with Crippen molar-refractivity contribution in [2.75, 3.05) is 6.61 Å². The quantitative estimate of drug-likeness (QED) is 0.772. The molecule has 0 unspecified atom stereocenters. The number of ether oxygens (including phenoxy) is 1. The van der Waals surface area contributed by atoms with Crippen LogP contribution >= 0.6 is 0 Å². The Hall–Kier alpha value is -0.930. The fourth-order valence-electron chi connectivity index (χ4n) is 2.34. The van der Waals surface area contributed by atoms with Gasteiger partial charge in [0.05, 0.1) is 6.61 Å². The highest BCUT2D eigenvalue weighted by Crippen LogP contribution is 2.38. The molecule has 0 bridgehead atoms. The molecule has 0 saturated heterocycles. The Morgan fingerprint density at radius 1 is 1.29 bits per heavy atom. The summed E-state index contributed by atoms with van der Waals surface area (Å²) in [5.74, 6) is 0. The molecule has 2 nitrogen and oxygen atoms in total.